The number of rotatable bonds is 1. The first kappa shape index (κ1) is 16.8. The van der Waals surface area contributed by atoms with Gasteiger partial charge in [0.25, 0.3) is 0 Å². The van der Waals surface area contributed by atoms with Crippen molar-refractivity contribution in [1.29, 1.82) is 0 Å². The van der Waals surface area contributed by atoms with Crippen molar-refractivity contribution >= 4 is 22.9 Å². The lowest BCUT2D eigenvalue weighted by Gasteiger charge is -2.42. The maximum Gasteiger partial charge on any atom is 0.163 e. The average Bonchev–Trinajstić information content (AvgIpc) is 2.95. The number of hydrogen-bond acceptors (Lipinski definition) is 4. The maximum absolute atomic E-state index is 13.0. The summed E-state index contributed by atoms with van der Waals surface area (Å²) >= 11 is 1.61. The zero-order valence-electron chi connectivity index (χ0n) is 15.3. The van der Waals surface area contributed by atoms with E-state index in [0.717, 1.165) is 41.1 Å². The molecular formula is C21H24O3S. The van der Waals surface area contributed by atoms with Crippen molar-refractivity contribution in [2.24, 2.45) is 10.8 Å². The molecule has 4 rings (SSSR count). The Morgan fingerprint density at radius 3 is 1.88 bits per heavy atom. The summed E-state index contributed by atoms with van der Waals surface area (Å²) in [5.74, 6) is 1.61. The Kier molecular flexibility index (Phi) is 3.63. The molecule has 3 aliphatic rings. The third-order valence-electron chi connectivity index (χ3n) is 5.46. The van der Waals surface area contributed by atoms with Crippen LogP contribution in [0.1, 0.15) is 64.9 Å². The molecule has 132 valence electrons. The van der Waals surface area contributed by atoms with Crippen LogP contribution in [-0.2, 0) is 14.3 Å². The molecule has 0 radical (unpaired) electrons. The van der Waals surface area contributed by atoms with Crippen LogP contribution >= 0.6 is 11.3 Å². The van der Waals surface area contributed by atoms with Crippen LogP contribution in [-0.4, -0.2) is 11.6 Å². The number of ketones is 2. The van der Waals surface area contributed by atoms with E-state index in [-0.39, 0.29) is 28.3 Å². The highest BCUT2D eigenvalue weighted by Gasteiger charge is 2.47. The molecule has 0 saturated heterocycles. The van der Waals surface area contributed by atoms with E-state index in [9.17, 15) is 9.59 Å². The van der Waals surface area contributed by atoms with Crippen LogP contribution in [0, 0.1) is 10.8 Å². The third-order valence-corrected chi connectivity index (χ3v) is 6.16. The maximum atomic E-state index is 13.0. The van der Waals surface area contributed by atoms with Crippen molar-refractivity contribution in [3.05, 3.63) is 45.1 Å². The molecule has 1 aliphatic heterocycles. The number of allylic oxidation sites excluding steroid dienone is 4. The molecule has 0 fully saturated rings. The van der Waals surface area contributed by atoms with Crippen molar-refractivity contribution < 1.29 is 14.3 Å². The molecule has 0 N–H and O–H groups in total. The van der Waals surface area contributed by atoms with E-state index in [2.05, 4.69) is 33.1 Å². The Hall–Kier alpha value is -1.68. The van der Waals surface area contributed by atoms with Crippen LogP contribution in [0.5, 0.6) is 0 Å². The molecule has 0 unspecified atom stereocenters. The molecular weight excluding hydrogens is 332 g/mol. The Balaban J connectivity index is 1.89. The lowest BCUT2D eigenvalue weighted by atomic mass is 9.66. The first-order chi connectivity index (χ1) is 11.7. The molecule has 3 nitrogen and oxygen atoms in total. The summed E-state index contributed by atoms with van der Waals surface area (Å²) in [4.78, 5) is 26.0. The van der Waals surface area contributed by atoms with Crippen LogP contribution in [0.25, 0.3) is 0 Å². The molecule has 0 bridgehead atoms. The molecule has 0 amide bonds. The van der Waals surface area contributed by atoms with Crippen molar-refractivity contribution in [2.75, 3.05) is 0 Å². The fraction of sp³-hybridized carbons (Fsp3) is 0.524. The van der Waals surface area contributed by atoms with Crippen LogP contribution in [0.3, 0.4) is 0 Å². The van der Waals surface area contributed by atoms with Gasteiger partial charge in [0, 0.05) is 42.7 Å². The lowest BCUT2D eigenvalue weighted by Crippen LogP contribution is -2.37. The molecule has 0 atom stereocenters. The van der Waals surface area contributed by atoms with Crippen LogP contribution in [0.4, 0.5) is 0 Å². The second-order valence-electron chi connectivity index (χ2n) is 9.15. The number of carbonyl (C=O) groups excluding carboxylic acids is 2. The van der Waals surface area contributed by atoms with Crippen molar-refractivity contribution in [2.45, 2.75) is 59.3 Å². The van der Waals surface area contributed by atoms with Crippen LogP contribution < -0.4 is 0 Å². The normalized spacial score (nSPS) is 25.6. The highest BCUT2D eigenvalue weighted by molar-refractivity contribution is 7.08. The predicted molar refractivity (Wildman–Crippen MR) is 98.2 cm³/mol. The summed E-state index contributed by atoms with van der Waals surface area (Å²) in [6, 6.07) is 2.04. The number of thiophene rings is 1. The van der Waals surface area contributed by atoms with E-state index in [1.54, 1.807) is 11.3 Å². The van der Waals surface area contributed by atoms with Gasteiger partial charge in [-0.2, -0.15) is 11.3 Å². The van der Waals surface area contributed by atoms with E-state index in [0.29, 0.717) is 12.8 Å². The minimum atomic E-state index is -0.239. The number of hydrogen-bond donors (Lipinski definition) is 0. The van der Waals surface area contributed by atoms with Gasteiger partial charge in [-0.15, -0.1) is 0 Å². The van der Waals surface area contributed by atoms with E-state index < -0.39 is 0 Å². The second kappa shape index (κ2) is 5.41. The van der Waals surface area contributed by atoms with Gasteiger partial charge in [0.05, 0.1) is 0 Å². The van der Waals surface area contributed by atoms with Gasteiger partial charge in [-0.05, 0) is 33.2 Å². The molecule has 1 aromatic rings. The molecule has 2 aliphatic carbocycles. The summed E-state index contributed by atoms with van der Waals surface area (Å²) in [5.41, 5.74) is 2.31. The van der Waals surface area contributed by atoms with Gasteiger partial charge in [0.15, 0.2) is 11.6 Å². The Morgan fingerprint density at radius 2 is 1.44 bits per heavy atom. The standard InChI is InChI=1S/C21H24O3S/c1-20(2)7-13(22)18-15(9-20)24-16-10-21(3,4)8-14(23)19(16)17(18)12-5-6-25-11-12/h5-6,11,17H,7-10H2,1-4H3. The number of Topliss-reactive ketones (excluding diaryl/α,β-unsaturated/α-hetero) is 2. The van der Waals surface area contributed by atoms with Crippen molar-refractivity contribution in [1.82, 2.24) is 0 Å². The van der Waals surface area contributed by atoms with E-state index in [4.69, 9.17) is 4.74 Å². The number of carbonyl (C=O) groups is 2. The fourth-order valence-electron chi connectivity index (χ4n) is 4.45. The smallest absolute Gasteiger partial charge is 0.163 e. The van der Waals surface area contributed by atoms with Crippen molar-refractivity contribution in [3.63, 3.8) is 0 Å². The molecule has 0 aromatic carbocycles. The van der Waals surface area contributed by atoms with Gasteiger partial charge in [-0.1, -0.05) is 27.7 Å². The minimum absolute atomic E-state index is 0.0959. The average molecular weight is 356 g/mol. The van der Waals surface area contributed by atoms with Gasteiger partial charge in [-0.25, -0.2) is 0 Å². The van der Waals surface area contributed by atoms with Crippen LogP contribution in [0.15, 0.2) is 39.5 Å². The highest BCUT2D eigenvalue weighted by Crippen LogP contribution is 2.53. The molecule has 1 aromatic heterocycles. The summed E-state index contributed by atoms with van der Waals surface area (Å²) in [6.45, 7) is 8.43. The van der Waals surface area contributed by atoms with Gasteiger partial charge in [0.2, 0.25) is 0 Å². The Bertz CT molecular complexity index is 769. The van der Waals surface area contributed by atoms with Gasteiger partial charge < -0.3 is 4.74 Å². The molecule has 25 heavy (non-hydrogen) atoms. The zero-order valence-corrected chi connectivity index (χ0v) is 16.1. The summed E-state index contributed by atoms with van der Waals surface area (Å²) in [7, 11) is 0. The van der Waals surface area contributed by atoms with Gasteiger partial charge in [0.1, 0.15) is 11.5 Å². The number of ether oxygens (including phenoxy) is 1. The quantitative estimate of drug-likeness (QED) is 0.699. The van der Waals surface area contributed by atoms with Crippen LogP contribution in [0.2, 0.25) is 0 Å². The van der Waals surface area contributed by atoms with Gasteiger partial charge >= 0.3 is 0 Å². The second-order valence-corrected chi connectivity index (χ2v) is 9.93. The molecule has 0 spiro atoms. The Labute approximate surface area is 152 Å². The summed E-state index contributed by atoms with van der Waals surface area (Å²) < 4.78 is 6.26. The van der Waals surface area contributed by atoms with E-state index >= 15 is 0 Å². The SMILES string of the molecule is CC1(C)CC(=O)C2=C(C1)OC1=C(C(=O)CC(C)(C)C1)C2c1ccsc1. The molecule has 0 saturated carbocycles. The topological polar surface area (TPSA) is 43.4 Å². The zero-order chi connectivity index (χ0) is 18.0. The first-order valence-corrected chi connectivity index (χ1v) is 9.84. The molecule has 4 heteroatoms. The monoisotopic (exact) mass is 356 g/mol. The van der Waals surface area contributed by atoms with Crippen molar-refractivity contribution in [3.8, 4) is 0 Å². The fourth-order valence-corrected chi connectivity index (χ4v) is 5.13. The minimum Gasteiger partial charge on any atom is -0.465 e. The van der Waals surface area contributed by atoms with E-state index in [1.165, 1.54) is 0 Å². The summed E-state index contributed by atoms with van der Waals surface area (Å²) in [6.07, 6.45) is 2.52. The predicted octanol–water partition coefficient (Wildman–Crippen LogP) is 5.15. The van der Waals surface area contributed by atoms with Gasteiger partial charge in [-0.3, -0.25) is 9.59 Å². The Morgan fingerprint density at radius 1 is 0.920 bits per heavy atom. The van der Waals surface area contributed by atoms with E-state index in [1.807, 2.05) is 11.4 Å². The largest absolute Gasteiger partial charge is 0.465 e. The third kappa shape index (κ3) is 2.80. The molecule has 2 heterocycles. The summed E-state index contributed by atoms with van der Waals surface area (Å²) in [5, 5.41) is 4.07. The highest BCUT2D eigenvalue weighted by atomic mass is 32.1. The lowest BCUT2D eigenvalue weighted by molar-refractivity contribution is -0.120. The first-order valence-electron chi connectivity index (χ1n) is 8.89.